The zero-order valence-electron chi connectivity index (χ0n) is 10.1. The highest BCUT2D eigenvalue weighted by atomic mass is 35.5. The Kier molecular flexibility index (Phi) is 4.49. The fourth-order valence-electron chi connectivity index (χ4n) is 1.60. The normalized spacial score (nSPS) is 11.1. The predicted octanol–water partition coefficient (Wildman–Crippen LogP) is 2.01. The number of carbonyl (C=O) groups is 1. The van der Waals surface area contributed by atoms with Gasteiger partial charge in [0, 0.05) is 23.0 Å². The van der Waals surface area contributed by atoms with Crippen molar-refractivity contribution in [3.05, 3.63) is 47.1 Å². The van der Waals surface area contributed by atoms with Crippen molar-refractivity contribution in [2.24, 2.45) is 0 Å². The van der Waals surface area contributed by atoms with Gasteiger partial charge in [0.15, 0.2) is 0 Å². The summed E-state index contributed by atoms with van der Waals surface area (Å²) >= 11 is 5.91. The smallest absolute Gasteiger partial charge is 0.244 e. The van der Waals surface area contributed by atoms with E-state index in [2.05, 4.69) is 10.3 Å². The molecule has 0 unspecified atom stereocenters. The van der Waals surface area contributed by atoms with Crippen LogP contribution in [0.3, 0.4) is 0 Å². The van der Waals surface area contributed by atoms with Gasteiger partial charge in [0.25, 0.3) is 0 Å². The van der Waals surface area contributed by atoms with E-state index in [1.807, 2.05) is 24.3 Å². The van der Waals surface area contributed by atoms with Gasteiger partial charge in [-0.3, -0.25) is 4.79 Å². The SMILES string of the molecule is O=C(/C=C/c1ccc2ccc(Cl)cc2n1)NCCO. The van der Waals surface area contributed by atoms with Gasteiger partial charge >= 0.3 is 0 Å². The Labute approximate surface area is 115 Å². The zero-order chi connectivity index (χ0) is 13.7. The van der Waals surface area contributed by atoms with Crippen LogP contribution in [0.4, 0.5) is 0 Å². The number of benzene rings is 1. The Bertz CT molecular complexity index is 626. The number of aromatic nitrogens is 1. The minimum atomic E-state index is -0.262. The molecule has 0 spiro atoms. The van der Waals surface area contributed by atoms with Gasteiger partial charge in [-0.15, -0.1) is 0 Å². The number of nitrogens with zero attached hydrogens (tertiary/aromatic N) is 1. The molecule has 2 rings (SSSR count). The van der Waals surface area contributed by atoms with Crippen LogP contribution >= 0.6 is 11.6 Å². The van der Waals surface area contributed by atoms with Crippen LogP contribution in [0, 0.1) is 0 Å². The van der Waals surface area contributed by atoms with E-state index in [0.29, 0.717) is 10.7 Å². The zero-order valence-corrected chi connectivity index (χ0v) is 10.9. The van der Waals surface area contributed by atoms with Crippen LogP contribution in [0.15, 0.2) is 36.4 Å². The number of aliphatic hydroxyl groups excluding tert-OH is 1. The monoisotopic (exact) mass is 276 g/mol. The topological polar surface area (TPSA) is 62.2 Å². The number of carbonyl (C=O) groups excluding carboxylic acids is 1. The second-order valence-corrected chi connectivity index (χ2v) is 4.36. The van der Waals surface area contributed by atoms with Crippen molar-refractivity contribution >= 4 is 34.5 Å². The Balaban J connectivity index is 2.17. The van der Waals surface area contributed by atoms with E-state index in [1.165, 1.54) is 6.08 Å². The van der Waals surface area contributed by atoms with Gasteiger partial charge in [0.05, 0.1) is 17.8 Å². The standard InChI is InChI=1S/C14H13ClN2O2/c15-11-3-1-10-2-4-12(17-13(10)9-11)5-6-14(19)16-7-8-18/h1-6,9,18H,7-8H2,(H,16,19)/b6-5+. The Morgan fingerprint density at radius 2 is 2.16 bits per heavy atom. The first-order chi connectivity index (χ1) is 9.19. The first-order valence-corrected chi connectivity index (χ1v) is 6.20. The van der Waals surface area contributed by atoms with Crippen molar-refractivity contribution in [1.82, 2.24) is 10.3 Å². The molecule has 1 amide bonds. The van der Waals surface area contributed by atoms with E-state index in [4.69, 9.17) is 16.7 Å². The number of hydrogen-bond acceptors (Lipinski definition) is 3. The molecular weight excluding hydrogens is 264 g/mol. The summed E-state index contributed by atoms with van der Waals surface area (Å²) in [7, 11) is 0. The third kappa shape index (κ3) is 3.77. The second-order valence-electron chi connectivity index (χ2n) is 3.92. The Morgan fingerprint density at radius 1 is 1.37 bits per heavy atom. The molecule has 0 bridgehead atoms. The van der Waals surface area contributed by atoms with Crippen molar-refractivity contribution in [3.8, 4) is 0 Å². The first-order valence-electron chi connectivity index (χ1n) is 5.82. The molecule has 0 aliphatic heterocycles. The van der Waals surface area contributed by atoms with Gasteiger partial charge < -0.3 is 10.4 Å². The fraction of sp³-hybridized carbons (Fsp3) is 0.143. The molecule has 0 saturated carbocycles. The maximum Gasteiger partial charge on any atom is 0.244 e. The predicted molar refractivity (Wildman–Crippen MR) is 75.9 cm³/mol. The van der Waals surface area contributed by atoms with Crippen molar-refractivity contribution in [1.29, 1.82) is 0 Å². The minimum absolute atomic E-state index is 0.0771. The summed E-state index contributed by atoms with van der Waals surface area (Å²) in [5.74, 6) is -0.262. The van der Waals surface area contributed by atoms with E-state index in [0.717, 1.165) is 10.9 Å². The average molecular weight is 277 g/mol. The minimum Gasteiger partial charge on any atom is -0.395 e. The summed E-state index contributed by atoms with van der Waals surface area (Å²) in [5.41, 5.74) is 1.46. The van der Waals surface area contributed by atoms with E-state index in [9.17, 15) is 4.79 Å². The molecule has 2 aromatic rings. The van der Waals surface area contributed by atoms with Crippen LogP contribution in [0.1, 0.15) is 5.69 Å². The molecule has 0 atom stereocenters. The number of amides is 1. The first kappa shape index (κ1) is 13.5. The molecule has 19 heavy (non-hydrogen) atoms. The number of halogens is 1. The number of pyridine rings is 1. The summed E-state index contributed by atoms with van der Waals surface area (Å²) in [6, 6.07) is 9.23. The van der Waals surface area contributed by atoms with Crippen LogP contribution in [-0.2, 0) is 4.79 Å². The molecular formula is C14H13ClN2O2. The number of hydrogen-bond donors (Lipinski definition) is 2. The summed E-state index contributed by atoms with van der Waals surface area (Å²) in [4.78, 5) is 15.7. The molecule has 0 saturated heterocycles. The van der Waals surface area contributed by atoms with Crippen LogP contribution in [0.5, 0.6) is 0 Å². The molecule has 4 nitrogen and oxygen atoms in total. The fourth-order valence-corrected chi connectivity index (χ4v) is 1.76. The van der Waals surface area contributed by atoms with Crippen LogP contribution in [0.25, 0.3) is 17.0 Å². The lowest BCUT2D eigenvalue weighted by Gasteiger charge is -2.00. The molecule has 0 aliphatic carbocycles. The summed E-state index contributed by atoms with van der Waals surface area (Å²) in [6.07, 6.45) is 3.00. The molecule has 5 heteroatoms. The van der Waals surface area contributed by atoms with Crippen LogP contribution in [-0.4, -0.2) is 29.1 Å². The summed E-state index contributed by atoms with van der Waals surface area (Å²) in [6.45, 7) is 0.163. The van der Waals surface area contributed by atoms with Gasteiger partial charge in [-0.25, -0.2) is 4.98 Å². The molecule has 1 aromatic heterocycles. The molecule has 0 aliphatic rings. The lowest BCUT2D eigenvalue weighted by molar-refractivity contribution is -0.116. The average Bonchev–Trinajstić information content (AvgIpc) is 2.42. The molecule has 2 N–H and O–H groups in total. The van der Waals surface area contributed by atoms with Crippen molar-refractivity contribution in [3.63, 3.8) is 0 Å². The van der Waals surface area contributed by atoms with Gasteiger partial charge in [0.2, 0.25) is 5.91 Å². The Morgan fingerprint density at radius 3 is 2.95 bits per heavy atom. The van der Waals surface area contributed by atoms with Gasteiger partial charge in [-0.05, 0) is 24.3 Å². The lowest BCUT2D eigenvalue weighted by atomic mass is 10.2. The molecule has 0 fully saturated rings. The number of rotatable bonds is 4. The van der Waals surface area contributed by atoms with Gasteiger partial charge in [-0.1, -0.05) is 23.7 Å². The Hall–Kier alpha value is -1.91. The van der Waals surface area contributed by atoms with E-state index < -0.39 is 0 Å². The third-order valence-corrected chi connectivity index (χ3v) is 2.73. The quantitative estimate of drug-likeness (QED) is 0.840. The van der Waals surface area contributed by atoms with Crippen LogP contribution in [0.2, 0.25) is 5.02 Å². The molecule has 1 aromatic carbocycles. The van der Waals surface area contributed by atoms with E-state index >= 15 is 0 Å². The highest BCUT2D eigenvalue weighted by molar-refractivity contribution is 6.31. The highest BCUT2D eigenvalue weighted by Crippen LogP contribution is 2.18. The number of aliphatic hydroxyl groups is 1. The summed E-state index contributed by atoms with van der Waals surface area (Å²) < 4.78 is 0. The van der Waals surface area contributed by atoms with E-state index in [1.54, 1.807) is 12.1 Å². The van der Waals surface area contributed by atoms with Crippen molar-refractivity contribution in [2.45, 2.75) is 0 Å². The van der Waals surface area contributed by atoms with Crippen LogP contribution < -0.4 is 5.32 Å². The molecule has 98 valence electrons. The van der Waals surface area contributed by atoms with Crippen molar-refractivity contribution < 1.29 is 9.90 Å². The lowest BCUT2D eigenvalue weighted by Crippen LogP contribution is -2.24. The van der Waals surface area contributed by atoms with Gasteiger partial charge in [0.1, 0.15) is 0 Å². The maximum atomic E-state index is 11.3. The molecule has 0 radical (unpaired) electrons. The van der Waals surface area contributed by atoms with Crippen molar-refractivity contribution in [2.75, 3.05) is 13.2 Å². The summed E-state index contributed by atoms with van der Waals surface area (Å²) in [5, 5.41) is 12.7. The third-order valence-electron chi connectivity index (χ3n) is 2.49. The number of nitrogens with one attached hydrogen (secondary N) is 1. The van der Waals surface area contributed by atoms with Gasteiger partial charge in [-0.2, -0.15) is 0 Å². The largest absolute Gasteiger partial charge is 0.395 e. The molecule has 1 heterocycles. The maximum absolute atomic E-state index is 11.3. The van der Waals surface area contributed by atoms with E-state index in [-0.39, 0.29) is 19.1 Å². The highest BCUT2D eigenvalue weighted by Gasteiger charge is 1.98. The second kappa shape index (κ2) is 6.31. The number of fused-ring (bicyclic) bond motifs is 1.